The van der Waals surface area contributed by atoms with Gasteiger partial charge in [-0.05, 0) is 25.0 Å². The number of para-hydroxylation sites is 1. The molecular weight excluding hydrogens is 328 g/mol. The third-order valence-electron chi connectivity index (χ3n) is 4.20. The van der Waals surface area contributed by atoms with Crippen LogP contribution in [0.2, 0.25) is 0 Å². The lowest BCUT2D eigenvalue weighted by atomic mass is 10.1. The fourth-order valence-electron chi connectivity index (χ4n) is 3.04. The standard InChI is InChI=1S/C17H19BrN2O/c18-12-13-6-2-1-5-11-20(13)17(21)15-9-10-19-16-8-4-3-7-14(15)16/h3-4,7-10,13H,1-2,5-6,11-12H2. The van der Waals surface area contributed by atoms with Gasteiger partial charge in [-0.15, -0.1) is 0 Å². The number of nitrogens with zero attached hydrogens (tertiary/aromatic N) is 2. The van der Waals surface area contributed by atoms with Crippen molar-refractivity contribution >= 4 is 32.7 Å². The lowest BCUT2D eigenvalue weighted by Crippen LogP contribution is -2.41. The highest BCUT2D eigenvalue weighted by Crippen LogP contribution is 2.23. The molecule has 3 rings (SSSR count). The van der Waals surface area contributed by atoms with Gasteiger partial charge in [-0.25, -0.2) is 0 Å². The second-order valence-electron chi connectivity index (χ2n) is 5.53. The van der Waals surface area contributed by atoms with E-state index in [0.717, 1.165) is 41.2 Å². The Balaban J connectivity index is 1.99. The molecular formula is C17H19BrN2O. The van der Waals surface area contributed by atoms with E-state index in [4.69, 9.17) is 0 Å². The van der Waals surface area contributed by atoms with Gasteiger partial charge in [0.25, 0.3) is 5.91 Å². The van der Waals surface area contributed by atoms with Crippen molar-refractivity contribution in [3.63, 3.8) is 0 Å². The predicted molar refractivity (Wildman–Crippen MR) is 88.8 cm³/mol. The number of hydrogen-bond acceptors (Lipinski definition) is 2. The minimum absolute atomic E-state index is 0.139. The van der Waals surface area contributed by atoms with Gasteiger partial charge in [0.15, 0.2) is 0 Å². The third-order valence-corrected chi connectivity index (χ3v) is 4.94. The van der Waals surface area contributed by atoms with Gasteiger partial charge < -0.3 is 4.90 Å². The lowest BCUT2D eigenvalue weighted by Gasteiger charge is -2.29. The van der Waals surface area contributed by atoms with Crippen molar-refractivity contribution in [1.82, 2.24) is 9.88 Å². The van der Waals surface area contributed by atoms with E-state index >= 15 is 0 Å². The van der Waals surface area contributed by atoms with Crippen molar-refractivity contribution in [1.29, 1.82) is 0 Å². The number of amides is 1. The van der Waals surface area contributed by atoms with E-state index in [2.05, 4.69) is 20.9 Å². The number of halogens is 1. The summed E-state index contributed by atoms with van der Waals surface area (Å²) in [5.41, 5.74) is 1.65. The molecule has 1 aromatic heterocycles. The van der Waals surface area contributed by atoms with E-state index in [1.165, 1.54) is 12.8 Å². The van der Waals surface area contributed by atoms with E-state index < -0.39 is 0 Å². The van der Waals surface area contributed by atoms with Crippen molar-refractivity contribution in [2.75, 3.05) is 11.9 Å². The SMILES string of the molecule is O=C(c1ccnc2ccccc12)N1CCCCCC1CBr. The van der Waals surface area contributed by atoms with E-state index in [9.17, 15) is 4.79 Å². The molecule has 1 saturated heterocycles. The van der Waals surface area contributed by atoms with Gasteiger partial charge in [0.05, 0.1) is 11.1 Å². The van der Waals surface area contributed by atoms with Crippen molar-refractivity contribution in [3.05, 3.63) is 42.1 Å². The first-order valence-electron chi connectivity index (χ1n) is 7.52. The normalized spacial score (nSPS) is 19.5. The topological polar surface area (TPSA) is 33.2 Å². The van der Waals surface area contributed by atoms with Crippen LogP contribution in [0.3, 0.4) is 0 Å². The van der Waals surface area contributed by atoms with Crippen LogP contribution >= 0.6 is 15.9 Å². The highest BCUT2D eigenvalue weighted by Gasteiger charge is 2.26. The molecule has 0 saturated carbocycles. The van der Waals surface area contributed by atoms with Gasteiger partial charge in [0, 0.05) is 29.5 Å². The zero-order valence-electron chi connectivity index (χ0n) is 12.0. The fourth-order valence-corrected chi connectivity index (χ4v) is 3.72. The summed E-state index contributed by atoms with van der Waals surface area (Å²) in [6, 6.07) is 10.0. The number of fused-ring (bicyclic) bond motifs is 1. The second-order valence-corrected chi connectivity index (χ2v) is 6.18. The molecule has 4 heteroatoms. The molecule has 1 aliphatic rings. The summed E-state index contributed by atoms with van der Waals surface area (Å²) in [4.78, 5) is 19.4. The van der Waals surface area contributed by atoms with Crippen LogP contribution in [0.4, 0.5) is 0 Å². The van der Waals surface area contributed by atoms with Crippen LogP contribution in [0.5, 0.6) is 0 Å². The minimum Gasteiger partial charge on any atom is -0.335 e. The van der Waals surface area contributed by atoms with Gasteiger partial charge in [-0.2, -0.15) is 0 Å². The van der Waals surface area contributed by atoms with Crippen LogP contribution in [0.1, 0.15) is 36.0 Å². The monoisotopic (exact) mass is 346 g/mol. The number of carbonyl (C=O) groups excluding carboxylic acids is 1. The fraction of sp³-hybridized carbons (Fsp3) is 0.412. The average Bonchev–Trinajstić information content (AvgIpc) is 2.79. The Morgan fingerprint density at radius 2 is 2.10 bits per heavy atom. The Morgan fingerprint density at radius 3 is 2.95 bits per heavy atom. The summed E-state index contributed by atoms with van der Waals surface area (Å²) < 4.78 is 0. The summed E-state index contributed by atoms with van der Waals surface area (Å²) >= 11 is 3.57. The number of aromatic nitrogens is 1. The molecule has 0 aliphatic carbocycles. The Morgan fingerprint density at radius 1 is 1.24 bits per heavy atom. The van der Waals surface area contributed by atoms with Crippen molar-refractivity contribution < 1.29 is 4.79 Å². The molecule has 0 N–H and O–H groups in total. The maximum absolute atomic E-state index is 13.0. The summed E-state index contributed by atoms with van der Waals surface area (Å²) in [6.07, 6.45) is 6.33. The molecule has 21 heavy (non-hydrogen) atoms. The summed E-state index contributed by atoms with van der Waals surface area (Å²) in [5.74, 6) is 0.139. The van der Waals surface area contributed by atoms with Gasteiger partial charge in [0.1, 0.15) is 0 Å². The first-order valence-corrected chi connectivity index (χ1v) is 8.64. The molecule has 1 amide bonds. The van der Waals surface area contributed by atoms with E-state index in [-0.39, 0.29) is 5.91 Å². The number of alkyl halides is 1. The molecule has 0 radical (unpaired) electrons. The number of pyridine rings is 1. The molecule has 2 aromatic rings. The number of rotatable bonds is 2. The van der Waals surface area contributed by atoms with Crippen LogP contribution in [-0.4, -0.2) is 33.7 Å². The molecule has 110 valence electrons. The highest BCUT2D eigenvalue weighted by molar-refractivity contribution is 9.09. The highest BCUT2D eigenvalue weighted by atomic mass is 79.9. The molecule has 1 atom stereocenters. The molecule has 1 fully saturated rings. The Kier molecular flexibility index (Phi) is 4.54. The smallest absolute Gasteiger partial charge is 0.254 e. The average molecular weight is 347 g/mol. The zero-order chi connectivity index (χ0) is 14.7. The van der Waals surface area contributed by atoms with Crippen LogP contribution in [0, 0.1) is 0 Å². The molecule has 3 nitrogen and oxygen atoms in total. The number of hydrogen-bond donors (Lipinski definition) is 0. The Bertz CT molecular complexity index is 638. The summed E-state index contributed by atoms with van der Waals surface area (Å²) in [6.45, 7) is 0.853. The van der Waals surface area contributed by atoms with Crippen LogP contribution in [-0.2, 0) is 0 Å². The van der Waals surface area contributed by atoms with E-state index in [1.54, 1.807) is 6.20 Å². The molecule has 1 unspecified atom stereocenters. The Hall–Kier alpha value is -1.42. The number of carbonyl (C=O) groups is 1. The molecule has 2 heterocycles. The molecule has 1 aliphatic heterocycles. The minimum atomic E-state index is 0.139. The first-order chi connectivity index (χ1) is 10.3. The third kappa shape index (κ3) is 2.95. The summed E-state index contributed by atoms with van der Waals surface area (Å²) in [5, 5.41) is 1.80. The summed E-state index contributed by atoms with van der Waals surface area (Å²) in [7, 11) is 0. The van der Waals surface area contributed by atoms with Gasteiger partial charge in [-0.3, -0.25) is 9.78 Å². The zero-order valence-corrected chi connectivity index (χ0v) is 13.6. The van der Waals surface area contributed by atoms with Crippen LogP contribution in [0.15, 0.2) is 36.5 Å². The molecule has 0 spiro atoms. The van der Waals surface area contributed by atoms with Crippen LogP contribution in [0.25, 0.3) is 10.9 Å². The molecule has 1 aromatic carbocycles. The Labute approximate surface area is 133 Å². The lowest BCUT2D eigenvalue weighted by molar-refractivity contribution is 0.0704. The molecule has 0 bridgehead atoms. The van der Waals surface area contributed by atoms with Crippen molar-refractivity contribution in [2.45, 2.75) is 31.7 Å². The van der Waals surface area contributed by atoms with Crippen molar-refractivity contribution in [3.8, 4) is 0 Å². The first kappa shape index (κ1) is 14.5. The maximum Gasteiger partial charge on any atom is 0.254 e. The van der Waals surface area contributed by atoms with E-state index in [1.807, 2.05) is 35.2 Å². The largest absolute Gasteiger partial charge is 0.335 e. The number of benzene rings is 1. The van der Waals surface area contributed by atoms with Gasteiger partial charge in [0.2, 0.25) is 0 Å². The number of likely N-dealkylation sites (tertiary alicyclic amines) is 1. The van der Waals surface area contributed by atoms with E-state index in [0.29, 0.717) is 6.04 Å². The second kappa shape index (κ2) is 6.56. The quantitative estimate of drug-likeness (QED) is 0.769. The van der Waals surface area contributed by atoms with Crippen molar-refractivity contribution in [2.24, 2.45) is 0 Å². The van der Waals surface area contributed by atoms with Gasteiger partial charge in [-0.1, -0.05) is 47.0 Å². The maximum atomic E-state index is 13.0. The van der Waals surface area contributed by atoms with Gasteiger partial charge >= 0.3 is 0 Å². The predicted octanol–water partition coefficient (Wildman–Crippen LogP) is 4.01. The van der Waals surface area contributed by atoms with Crippen LogP contribution < -0.4 is 0 Å².